The Hall–Kier alpha value is -2.23. The quantitative estimate of drug-likeness (QED) is 0.134. The highest BCUT2D eigenvalue weighted by Gasteiger charge is 2.55. The molecule has 13 nitrogen and oxygen atoms in total. The summed E-state index contributed by atoms with van der Waals surface area (Å²) in [6.07, 6.45) is 8.01. The molecule has 0 aliphatic carbocycles. The number of Topliss-reactive ketones (excluding diaryl/α,β-unsaturated/α-hetero) is 1. The molecule has 0 radical (unpaired) electrons. The largest absolute Gasteiger partial charge is 0.356 e. The van der Waals surface area contributed by atoms with Gasteiger partial charge in [0.25, 0.3) is 0 Å². The van der Waals surface area contributed by atoms with Crippen LogP contribution < -0.4 is 10.6 Å². The van der Waals surface area contributed by atoms with Gasteiger partial charge in [0.05, 0.1) is 45.2 Å². The molecule has 0 aromatic carbocycles. The molecule has 0 bridgehead atoms. The van der Waals surface area contributed by atoms with Crippen molar-refractivity contribution in [3.05, 3.63) is 23.3 Å². The molecular weight excluding hydrogens is 857 g/mol. The summed E-state index contributed by atoms with van der Waals surface area (Å²) in [5, 5.41) is 52.2. The number of hydrogen-bond acceptors (Lipinski definition) is 11. The number of rotatable bonds is 7. The molecule has 2 fully saturated rings. The van der Waals surface area contributed by atoms with Crippen LogP contribution in [0.1, 0.15) is 226 Å². The zero-order chi connectivity index (χ0) is 54.4. The second-order valence-electron chi connectivity index (χ2n) is 29.6. The van der Waals surface area contributed by atoms with Gasteiger partial charge in [-0.15, -0.1) is 0 Å². The van der Waals surface area contributed by atoms with Crippen molar-refractivity contribution in [2.24, 2.45) is 27.6 Å². The molecular formula is C55H106N6O7. The van der Waals surface area contributed by atoms with Crippen molar-refractivity contribution in [3.63, 3.8) is 0 Å². The third kappa shape index (κ3) is 16.1. The van der Waals surface area contributed by atoms with Gasteiger partial charge in [-0.3, -0.25) is 14.4 Å². The topological polar surface area (TPSA) is 169 Å². The van der Waals surface area contributed by atoms with Gasteiger partial charge in [-0.05, 0) is 158 Å². The summed E-state index contributed by atoms with van der Waals surface area (Å²) in [5.41, 5.74) is -1.09. The average Bonchev–Trinajstić information content (AvgIpc) is 3.53. The molecule has 2 saturated heterocycles. The summed E-state index contributed by atoms with van der Waals surface area (Å²) in [6.45, 7) is 57.2. The molecule has 4 aliphatic rings. The van der Waals surface area contributed by atoms with E-state index in [-0.39, 0.29) is 68.0 Å². The van der Waals surface area contributed by atoms with Gasteiger partial charge in [0.15, 0.2) is 5.78 Å². The minimum absolute atomic E-state index is 0.0126. The minimum atomic E-state index is -0.617. The summed E-state index contributed by atoms with van der Waals surface area (Å²) in [6, 6.07) is -0.0210. The Morgan fingerprint density at radius 3 is 1.31 bits per heavy atom. The molecule has 4 aliphatic heterocycles. The van der Waals surface area contributed by atoms with Crippen LogP contribution in [-0.2, 0) is 14.4 Å². The first-order chi connectivity index (χ1) is 29.6. The van der Waals surface area contributed by atoms with E-state index in [2.05, 4.69) is 92.9 Å². The van der Waals surface area contributed by atoms with Crippen molar-refractivity contribution >= 4 is 17.6 Å². The van der Waals surface area contributed by atoms with Gasteiger partial charge in [0.2, 0.25) is 11.8 Å². The second-order valence-corrected chi connectivity index (χ2v) is 29.6. The van der Waals surface area contributed by atoms with E-state index < -0.39 is 27.6 Å². The molecule has 0 saturated carbocycles. The van der Waals surface area contributed by atoms with Gasteiger partial charge in [0, 0.05) is 35.0 Å². The lowest BCUT2D eigenvalue weighted by Crippen LogP contribution is -2.53. The molecule has 6 N–H and O–H groups in total. The van der Waals surface area contributed by atoms with Crippen molar-refractivity contribution in [2.45, 2.75) is 276 Å². The lowest BCUT2D eigenvalue weighted by Gasteiger charge is -2.37. The maximum atomic E-state index is 12.3. The standard InChI is InChI=1S/C15H30N2O2.C14H28N2O2.C13H23NO2.C13H25NO/c1-13(2,3)8-9-16-12(18)11-10-14(4,5)17(19)15(11,6)7;1-12(2,3)9-11(17)15-10-8-13(4,5)16(18)14(10,6)7;1-11(2,3)10(15)9-8-12(4,5)14(16)13(9,6)7;1-11(2,3)8-10-9-12(4,5)14(15)13(10,6)7/h11,19H,8-10H2,1-7H3,(H,16,18);10,18H,8-9H2,1-7H3,(H,15,17);8,16H,1-7H3;9,15H,8H2,1-7H3. The normalized spacial score (nSPS) is 25.9. The van der Waals surface area contributed by atoms with Gasteiger partial charge in [-0.1, -0.05) is 95.2 Å². The number of carbonyl (C=O) groups is 3. The Labute approximate surface area is 416 Å². The van der Waals surface area contributed by atoms with Crippen LogP contribution in [0.15, 0.2) is 23.3 Å². The Balaban J connectivity index is 0.000000455. The first kappa shape index (κ1) is 63.8. The molecule has 2 unspecified atom stereocenters. The number of carbonyl (C=O) groups excluding carboxylic acids is 3. The summed E-state index contributed by atoms with van der Waals surface area (Å²) >= 11 is 0. The van der Waals surface area contributed by atoms with Crippen molar-refractivity contribution < 1.29 is 35.2 Å². The molecule has 2 atom stereocenters. The van der Waals surface area contributed by atoms with E-state index in [0.717, 1.165) is 19.3 Å². The van der Waals surface area contributed by atoms with Crippen LogP contribution in [-0.4, -0.2) is 116 Å². The van der Waals surface area contributed by atoms with Crippen LogP contribution >= 0.6 is 0 Å². The highest BCUT2D eigenvalue weighted by Crippen LogP contribution is 2.45. The molecule has 0 aromatic rings. The Bertz CT molecular complexity index is 1830. The predicted molar refractivity (Wildman–Crippen MR) is 278 cm³/mol. The lowest BCUT2D eigenvalue weighted by molar-refractivity contribution is -0.197. The molecule has 4 heterocycles. The number of nitrogens with zero attached hydrogens (tertiary/aromatic N) is 4. The number of amides is 2. The van der Waals surface area contributed by atoms with Crippen LogP contribution in [0, 0.1) is 27.6 Å². The maximum Gasteiger partial charge on any atom is 0.225 e. The summed E-state index contributed by atoms with van der Waals surface area (Å²) in [4.78, 5) is 36.6. The van der Waals surface area contributed by atoms with Gasteiger partial charge in [-0.2, -0.15) is 20.3 Å². The molecule has 4 rings (SSSR count). The van der Waals surface area contributed by atoms with Crippen LogP contribution in [0.2, 0.25) is 0 Å². The average molecular weight is 963 g/mol. The monoisotopic (exact) mass is 963 g/mol. The first-order valence-electron chi connectivity index (χ1n) is 25.2. The number of hydroxylamine groups is 8. The first-order valence-corrected chi connectivity index (χ1v) is 25.2. The summed E-state index contributed by atoms with van der Waals surface area (Å²) in [7, 11) is 0. The molecule has 13 heteroatoms. The molecule has 398 valence electrons. The fourth-order valence-corrected chi connectivity index (χ4v) is 10.1. The highest BCUT2D eigenvalue weighted by atomic mass is 16.5. The van der Waals surface area contributed by atoms with Crippen LogP contribution in [0.3, 0.4) is 0 Å². The van der Waals surface area contributed by atoms with E-state index in [9.17, 15) is 35.2 Å². The van der Waals surface area contributed by atoms with Crippen LogP contribution in [0.5, 0.6) is 0 Å². The Kier molecular flexibility index (Phi) is 19.4. The number of hydrogen-bond donors (Lipinski definition) is 6. The van der Waals surface area contributed by atoms with E-state index in [1.165, 1.54) is 25.8 Å². The fourth-order valence-electron chi connectivity index (χ4n) is 10.1. The zero-order valence-electron chi connectivity index (χ0n) is 48.9. The van der Waals surface area contributed by atoms with E-state index in [0.29, 0.717) is 25.0 Å². The second kappa shape index (κ2) is 20.7. The molecule has 0 aromatic heterocycles. The summed E-state index contributed by atoms with van der Waals surface area (Å²) in [5.74, 6) is 0.0418. The third-order valence-corrected chi connectivity index (χ3v) is 14.1. The van der Waals surface area contributed by atoms with Crippen molar-refractivity contribution in [2.75, 3.05) is 6.54 Å². The minimum Gasteiger partial charge on any atom is -0.356 e. The predicted octanol–water partition coefficient (Wildman–Crippen LogP) is 11.8. The lowest BCUT2D eigenvalue weighted by atomic mass is 9.80. The maximum absolute atomic E-state index is 12.3. The smallest absolute Gasteiger partial charge is 0.225 e. The van der Waals surface area contributed by atoms with Gasteiger partial charge in [-0.25, -0.2) is 0 Å². The van der Waals surface area contributed by atoms with E-state index in [1.54, 1.807) is 0 Å². The highest BCUT2D eigenvalue weighted by molar-refractivity contribution is 6.01. The SMILES string of the molecule is CC(C)(C)C(=O)C1=CC(C)(C)N(O)C1(C)C.CC(C)(C)CC(=O)NC1CC(C)(C)N(O)C1(C)C.CC(C)(C)CC1=CC(C)(C)N(O)C1(C)C.CC(C)(C)CCNC(=O)C1CC(C)(C)N(O)C1(C)C. The van der Waals surface area contributed by atoms with Gasteiger partial charge in [0.1, 0.15) is 0 Å². The Morgan fingerprint density at radius 2 is 1.00 bits per heavy atom. The van der Waals surface area contributed by atoms with Crippen molar-refractivity contribution in [1.82, 2.24) is 30.9 Å². The van der Waals surface area contributed by atoms with Gasteiger partial charge < -0.3 is 31.5 Å². The molecule has 68 heavy (non-hydrogen) atoms. The van der Waals surface area contributed by atoms with Crippen LogP contribution in [0.25, 0.3) is 0 Å². The van der Waals surface area contributed by atoms with E-state index in [1.807, 2.05) is 124 Å². The Morgan fingerprint density at radius 1 is 0.574 bits per heavy atom. The van der Waals surface area contributed by atoms with Gasteiger partial charge >= 0.3 is 0 Å². The number of nitrogens with one attached hydrogen (secondary N) is 2. The van der Waals surface area contributed by atoms with E-state index in [4.69, 9.17) is 0 Å². The molecule has 0 spiro atoms. The van der Waals surface area contributed by atoms with Crippen LogP contribution in [0.4, 0.5) is 0 Å². The van der Waals surface area contributed by atoms with Crippen molar-refractivity contribution in [1.29, 1.82) is 0 Å². The zero-order valence-corrected chi connectivity index (χ0v) is 48.9. The number of ketones is 1. The fraction of sp³-hybridized carbons (Fsp3) is 0.873. The molecule has 2 amide bonds. The third-order valence-electron chi connectivity index (χ3n) is 14.1. The van der Waals surface area contributed by atoms with Crippen molar-refractivity contribution in [3.8, 4) is 0 Å². The van der Waals surface area contributed by atoms with E-state index >= 15 is 0 Å². The summed E-state index contributed by atoms with van der Waals surface area (Å²) < 4.78 is 0.